The molecule has 160 valence electrons. The Labute approximate surface area is 183 Å². The molecule has 4 aromatic rings. The topological polar surface area (TPSA) is 95.8 Å². The molecule has 2 aromatic carbocycles. The number of furan rings is 1. The van der Waals surface area contributed by atoms with E-state index < -0.39 is 23.5 Å². The summed E-state index contributed by atoms with van der Waals surface area (Å²) >= 11 is 0. The first kappa shape index (κ1) is 19.7. The Morgan fingerprint density at radius 3 is 2.62 bits per heavy atom. The molecule has 0 spiro atoms. The number of carbonyl (C=O) groups is 2. The second-order valence-corrected chi connectivity index (χ2v) is 7.36. The molecule has 2 aromatic heterocycles. The van der Waals surface area contributed by atoms with Crippen LogP contribution in [0.3, 0.4) is 0 Å². The lowest BCUT2D eigenvalue weighted by Gasteiger charge is -2.26. The molecular formula is C25H20N2O5. The normalized spacial score (nSPS) is 16.2. The van der Waals surface area contributed by atoms with E-state index >= 15 is 0 Å². The maximum Gasteiger partial charge on any atom is 0.294 e. The summed E-state index contributed by atoms with van der Waals surface area (Å²) in [5.41, 5.74) is 2.06. The maximum atomic E-state index is 13.3. The maximum absolute atomic E-state index is 13.3. The molecule has 0 radical (unpaired) electrons. The number of hydrogen-bond acceptors (Lipinski definition) is 5. The van der Waals surface area contributed by atoms with E-state index in [1.165, 1.54) is 17.2 Å². The molecule has 1 aliphatic rings. The van der Waals surface area contributed by atoms with Crippen LogP contribution >= 0.6 is 0 Å². The molecule has 1 unspecified atom stereocenters. The number of ketones is 1. The number of Topliss-reactive ketones (excluding diaryl/α,β-unsaturated/α-hetero) is 1. The van der Waals surface area contributed by atoms with Crippen LogP contribution in [0, 0.1) is 0 Å². The highest BCUT2D eigenvalue weighted by Crippen LogP contribution is 2.44. The lowest BCUT2D eigenvalue weighted by atomic mass is 9.94. The zero-order chi connectivity index (χ0) is 22.2. The van der Waals surface area contributed by atoms with Gasteiger partial charge in [-0.3, -0.25) is 14.5 Å². The minimum Gasteiger partial charge on any atom is -0.503 e. The zero-order valence-corrected chi connectivity index (χ0v) is 17.2. The second-order valence-electron chi connectivity index (χ2n) is 7.36. The Morgan fingerprint density at radius 1 is 1.12 bits per heavy atom. The van der Waals surface area contributed by atoms with Crippen LogP contribution in [0.1, 0.15) is 29.1 Å². The highest BCUT2D eigenvalue weighted by molar-refractivity contribution is 6.20. The average molecular weight is 428 g/mol. The summed E-state index contributed by atoms with van der Waals surface area (Å²) in [5.74, 6) is -1.06. The summed E-state index contributed by atoms with van der Waals surface area (Å²) in [5, 5.41) is 11.7. The molecule has 1 amide bonds. The molecule has 1 aliphatic heterocycles. The molecular weight excluding hydrogens is 408 g/mol. The van der Waals surface area contributed by atoms with Crippen molar-refractivity contribution in [3.63, 3.8) is 0 Å². The first-order chi connectivity index (χ1) is 15.6. The van der Waals surface area contributed by atoms with Crippen molar-refractivity contribution in [1.29, 1.82) is 0 Å². The monoisotopic (exact) mass is 428 g/mol. The first-order valence-electron chi connectivity index (χ1n) is 10.2. The standard InChI is InChI=1S/C25H20N2O5/c1-2-31-16-11-9-15(10-12-16)27-22(18-14-26-19-7-4-3-6-17(18)19)21(24(29)25(27)30)23(28)20-8-5-13-32-20/h3-14,22,26,29H,2H2,1H3. The van der Waals surface area contributed by atoms with Gasteiger partial charge in [-0.05, 0) is 49.4 Å². The van der Waals surface area contributed by atoms with E-state index in [1.807, 2.05) is 31.2 Å². The van der Waals surface area contributed by atoms with Gasteiger partial charge in [-0.1, -0.05) is 18.2 Å². The summed E-state index contributed by atoms with van der Waals surface area (Å²) in [6.07, 6.45) is 3.14. The van der Waals surface area contributed by atoms with E-state index in [4.69, 9.17) is 9.15 Å². The van der Waals surface area contributed by atoms with Gasteiger partial charge in [0.1, 0.15) is 5.75 Å². The lowest BCUT2D eigenvalue weighted by molar-refractivity contribution is -0.117. The average Bonchev–Trinajstić information content (AvgIpc) is 3.54. The Bertz CT molecular complexity index is 1330. The number of fused-ring (bicyclic) bond motifs is 1. The smallest absolute Gasteiger partial charge is 0.294 e. The fourth-order valence-electron chi connectivity index (χ4n) is 4.13. The minimum absolute atomic E-state index is 0.0245. The Kier molecular flexibility index (Phi) is 4.78. The van der Waals surface area contributed by atoms with Crippen molar-refractivity contribution in [2.24, 2.45) is 0 Å². The van der Waals surface area contributed by atoms with E-state index in [1.54, 1.807) is 36.5 Å². The number of rotatable bonds is 6. The Balaban J connectivity index is 1.68. The van der Waals surface area contributed by atoms with Crippen molar-refractivity contribution in [1.82, 2.24) is 4.98 Å². The van der Waals surface area contributed by atoms with Gasteiger partial charge in [-0.2, -0.15) is 0 Å². The molecule has 0 saturated heterocycles. The number of aliphatic hydroxyl groups is 1. The van der Waals surface area contributed by atoms with Crippen LogP contribution in [-0.4, -0.2) is 28.4 Å². The molecule has 2 N–H and O–H groups in total. The third kappa shape index (κ3) is 3.06. The molecule has 0 fully saturated rings. The number of ether oxygens (including phenoxy) is 1. The summed E-state index contributed by atoms with van der Waals surface area (Å²) in [4.78, 5) is 31.2. The number of hydrogen-bond donors (Lipinski definition) is 2. The molecule has 0 aliphatic carbocycles. The van der Waals surface area contributed by atoms with Crippen LogP contribution in [0.4, 0.5) is 5.69 Å². The van der Waals surface area contributed by atoms with Gasteiger partial charge in [0, 0.05) is 28.4 Å². The number of aromatic amines is 1. The van der Waals surface area contributed by atoms with Gasteiger partial charge in [0.25, 0.3) is 5.91 Å². The number of aliphatic hydroxyl groups excluding tert-OH is 1. The van der Waals surface area contributed by atoms with Gasteiger partial charge in [-0.15, -0.1) is 0 Å². The SMILES string of the molecule is CCOc1ccc(N2C(=O)C(O)=C(C(=O)c3ccco3)C2c2c[nH]c3ccccc23)cc1. The van der Waals surface area contributed by atoms with E-state index in [0.29, 0.717) is 23.6 Å². The van der Waals surface area contributed by atoms with Crippen molar-refractivity contribution < 1.29 is 23.8 Å². The number of nitrogens with one attached hydrogen (secondary N) is 1. The van der Waals surface area contributed by atoms with E-state index in [2.05, 4.69) is 4.98 Å². The number of amides is 1. The largest absolute Gasteiger partial charge is 0.503 e. The quantitative estimate of drug-likeness (QED) is 0.424. The Morgan fingerprint density at radius 2 is 1.91 bits per heavy atom. The Hall–Kier alpha value is -4.26. The van der Waals surface area contributed by atoms with Crippen LogP contribution in [0.15, 0.2) is 88.9 Å². The van der Waals surface area contributed by atoms with Gasteiger partial charge >= 0.3 is 0 Å². The molecule has 3 heterocycles. The summed E-state index contributed by atoms with van der Waals surface area (Å²) in [6.45, 7) is 2.41. The fourth-order valence-corrected chi connectivity index (χ4v) is 4.13. The molecule has 7 nitrogen and oxygen atoms in total. The van der Waals surface area contributed by atoms with Crippen LogP contribution < -0.4 is 9.64 Å². The number of carbonyl (C=O) groups excluding carboxylic acids is 2. The van der Waals surface area contributed by atoms with Crippen LogP contribution in [0.5, 0.6) is 5.75 Å². The number of anilines is 1. The highest BCUT2D eigenvalue weighted by atomic mass is 16.5. The molecule has 0 saturated carbocycles. The summed E-state index contributed by atoms with van der Waals surface area (Å²) in [6, 6.07) is 16.8. The van der Waals surface area contributed by atoms with E-state index in [-0.39, 0.29) is 11.3 Å². The van der Waals surface area contributed by atoms with Crippen molar-refractivity contribution in [3.05, 3.63) is 95.8 Å². The van der Waals surface area contributed by atoms with Gasteiger partial charge in [0.2, 0.25) is 5.78 Å². The predicted octanol–water partition coefficient (Wildman–Crippen LogP) is 4.94. The van der Waals surface area contributed by atoms with Gasteiger partial charge in [0.05, 0.1) is 24.5 Å². The highest BCUT2D eigenvalue weighted by Gasteiger charge is 2.46. The summed E-state index contributed by atoms with van der Waals surface area (Å²) < 4.78 is 10.8. The molecule has 5 rings (SSSR count). The zero-order valence-electron chi connectivity index (χ0n) is 17.2. The molecule has 32 heavy (non-hydrogen) atoms. The number of nitrogens with zero attached hydrogens (tertiary/aromatic N) is 1. The third-order valence-corrected chi connectivity index (χ3v) is 5.54. The van der Waals surface area contributed by atoms with E-state index in [0.717, 1.165) is 10.9 Å². The molecule has 1 atom stereocenters. The van der Waals surface area contributed by atoms with Crippen molar-refractivity contribution in [2.45, 2.75) is 13.0 Å². The fraction of sp³-hybridized carbons (Fsp3) is 0.120. The number of aromatic nitrogens is 1. The summed E-state index contributed by atoms with van der Waals surface area (Å²) in [7, 11) is 0. The van der Waals surface area contributed by atoms with E-state index in [9.17, 15) is 14.7 Å². The molecule has 7 heteroatoms. The van der Waals surface area contributed by atoms with Gasteiger partial charge in [0.15, 0.2) is 11.5 Å². The molecule has 0 bridgehead atoms. The number of benzene rings is 2. The van der Waals surface area contributed by atoms with Gasteiger partial charge < -0.3 is 19.2 Å². The van der Waals surface area contributed by atoms with Crippen LogP contribution in [0.2, 0.25) is 0 Å². The minimum atomic E-state index is -0.839. The first-order valence-corrected chi connectivity index (χ1v) is 10.2. The van der Waals surface area contributed by atoms with Crippen LogP contribution in [0.25, 0.3) is 10.9 Å². The van der Waals surface area contributed by atoms with Crippen molar-refractivity contribution in [3.8, 4) is 5.75 Å². The number of para-hydroxylation sites is 1. The van der Waals surface area contributed by atoms with Gasteiger partial charge in [-0.25, -0.2) is 0 Å². The second kappa shape index (κ2) is 7.77. The lowest BCUT2D eigenvalue weighted by Crippen LogP contribution is -2.30. The van der Waals surface area contributed by atoms with Crippen LogP contribution in [-0.2, 0) is 4.79 Å². The predicted molar refractivity (Wildman–Crippen MR) is 119 cm³/mol. The third-order valence-electron chi connectivity index (χ3n) is 5.54. The van der Waals surface area contributed by atoms with Crippen molar-refractivity contribution >= 4 is 28.3 Å². The number of H-pyrrole nitrogens is 1. The van der Waals surface area contributed by atoms with Crippen molar-refractivity contribution in [2.75, 3.05) is 11.5 Å².